The second-order valence-electron chi connectivity index (χ2n) is 7.01. The first-order valence-electron chi connectivity index (χ1n) is 7.53. The quantitative estimate of drug-likeness (QED) is 0.501. The molecule has 152 valence electrons. The van der Waals surface area contributed by atoms with E-state index in [1.54, 1.807) is 0 Å². The van der Waals surface area contributed by atoms with Gasteiger partial charge in [-0.3, -0.25) is 19.2 Å². The van der Waals surface area contributed by atoms with Gasteiger partial charge in [0.1, 0.15) is 11.6 Å². The second kappa shape index (κ2) is 9.82. The van der Waals surface area contributed by atoms with Gasteiger partial charge in [0.15, 0.2) is 0 Å². The monoisotopic (exact) mass is 392 g/mol. The molecule has 0 heterocycles. The first-order chi connectivity index (χ1) is 11.3. The fraction of sp³-hybridized carbons (Fsp3) is 0.750. The average molecular weight is 392 g/mol. The van der Waals surface area contributed by atoms with E-state index in [2.05, 4.69) is 0 Å². The number of ketones is 4. The fourth-order valence-corrected chi connectivity index (χ4v) is 1.32. The van der Waals surface area contributed by atoms with Crippen LogP contribution < -0.4 is 0 Å². The summed E-state index contributed by atoms with van der Waals surface area (Å²) in [6.45, 7) is 9.51. The minimum Gasteiger partial charge on any atom is -0.299 e. The lowest BCUT2D eigenvalue weighted by molar-refractivity contribution is -0.182. The Bertz CT molecular complexity index is 500. The van der Waals surface area contributed by atoms with Crippen molar-refractivity contribution in [2.75, 3.05) is 0 Å². The van der Waals surface area contributed by atoms with Gasteiger partial charge >= 0.3 is 12.4 Å². The summed E-state index contributed by atoms with van der Waals surface area (Å²) in [6.07, 6.45) is -12.4. The van der Waals surface area contributed by atoms with Crippen LogP contribution in [0.2, 0.25) is 0 Å². The van der Waals surface area contributed by atoms with Crippen molar-refractivity contribution in [2.45, 2.75) is 66.2 Å². The Labute approximate surface area is 147 Å². The highest BCUT2D eigenvalue weighted by Crippen LogP contribution is 2.23. The Kier molecular flexibility index (Phi) is 10.0. The van der Waals surface area contributed by atoms with Crippen molar-refractivity contribution in [1.82, 2.24) is 0 Å². The van der Waals surface area contributed by atoms with Crippen LogP contribution in [0.15, 0.2) is 0 Å². The van der Waals surface area contributed by atoms with Crippen molar-refractivity contribution in [3.05, 3.63) is 0 Å². The molecule has 10 heteroatoms. The molecule has 0 aromatic rings. The van der Waals surface area contributed by atoms with Gasteiger partial charge in [0, 0.05) is 11.8 Å². The molecule has 0 aliphatic rings. The molecule has 0 aliphatic heterocycles. The van der Waals surface area contributed by atoms with Crippen molar-refractivity contribution < 1.29 is 45.5 Å². The molecule has 0 aliphatic carbocycles. The van der Waals surface area contributed by atoms with Crippen LogP contribution >= 0.6 is 0 Å². The minimum absolute atomic E-state index is 0.0400. The molecule has 0 N–H and O–H groups in total. The number of halogens is 6. The summed E-state index contributed by atoms with van der Waals surface area (Å²) in [5.74, 6) is -4.95. The van der Waals surface area contributed by atoms with Crippen LogP contribution in [0, 0.1) is 11.3 Å². The Hall–Kier alpha value is -1.74. The number of rotatable bonds is 6. The molecule has 0 bridgehead atoms. The Morgan fingerprint density at radius 1 is 0.692 bits per heavy atom. The van der Waals surface area contributed by atoms with Gasteiger partial charge in [-0.25, -0.2) is 0 Å². The number of alkyl halides is 6. The van der Waals surface area contributed by atoms with E-state index in [9.17, 15) is 45.5 Å². The molecule has 0 unspecified atom stereocenters. The fourth-order valence-electron chi connectivity index (χ4n) is 1.32. The van der Waals surface area contributed by atoms with Crippen molar-refractivity contribution in [2.24, 2.45) is 11.3 Å². The van der Waals surface area contributed by atoms with E-state index in [0.717, 1.165) is 0 Å². The van der Waals surface area contributed by atoms with Crippen LogP contribution in [0.25, 0.3) is 0 Å². The molecule has 0 radical (unpaired) electrons. The predicted molar refractivity (Wildman–Crippen MR) is 80.3 cm³/mol. The van der Waals surface area contributed by atoms with E-state index in [1.165, 1.54) is 0 Å². The smallest absolute Gasteiger partial charge is 0.299 e. The largest absolute Gasteiger partial charge is 0.450 e. The van der Waals surface area contributed by atoms with E-state index in [-0.39, 0.29) is 23.4 Å². The Balaban J connectivity index is 0. The van der Waals surface area contributed by atoms with Gasteiger partial charge in [-0.05, 0) is 5.92 Å². The summed E-state index contributed by atoms with van der Waals surface area (Å²) < 4.78 is 68.0. The van der Waals surface area contributed by atoms with Gasteiger partial charge in [0.2, 0.25) is 11.6 Å². The normalized spacial score (nSPS) is 12.3. The zero-order valence-corrected chi connectivity index (χ0v) is 15.1. The summed E-state index contributed by atoms with van der Waals surface area (Å²) in [6, 6.07) is 0. The van der Waals surface area contributed by atoms with E-state index in [1.807, 2.05) is 34.6 Å². The van der Waals surface area contributed by atoms with Crippen molar-refractivity contribution in [3.8, 4) is 0 Å². The van der Waals surface area contributed by atoms with E-state index >= 15 is 0 Å². The standard InChI is InChI=1S/C11H20O2.C5H2F6O2/c1-8(2)6-9(12)7-10(13)11(3,4)5;6-4(7,8)2(12)1-3(13)5(9,10)11/h8H,6-7H2,1-5H3;1H2. The molecule has 0 atom stereocenters. The molecule has 0 saturated carbocycles. The highest BCUT2D eigenvalue weighted by atomic mass is 19.4. The third kappa shape index (κ3) is 12.6. The summed E-state index contributed by atoms with van der Waals surface area (Å²) in [4.78, 5) is 42.5. The minimum atomic E-state index is -5.40. The number of hydrogen-bond donors (Lipinski definition) is 0. The number of carbonyl (C=O) groups excluding carboxylic acids is 4. The zero-order valence-electron chi connectivity index (χ0n) is 15.1. The molecular weight excluding hydrogens is 370 g/mol. The Morgan fingerprint density at radius 3 is 1.27 bits per heavy atom. The number of Topliss-reactive ketones (excluding diaryl/α,β-unsaturated/α-hetero) is 4. The van der Waals surface area contributed by atoms with Gasteiger partial charge < -0.3 is 0 Å². The van der Waals surface area contributed by atoms with Crippen molar-refractivity contribution in [3.63, 3.8) is 0 Å². The maximum atomic E-state index is 11.4. The van der Waals surface area contributed by atoms with Gasteiger partial charge in [-0.1, -0.05) is 34.6 Å². The molecule has 0 aromatic carbocycles. The molecular formula is C16H22F6O4. The maximum Gasteiger partial charge on any atom is 0.450 e. The van der Waals surface area contributed by atoms with Crippen LogP contribution in [0.3, 0.4) is 0 Å². The van der Waals surface area contributed by atoms with E-state index in [0.29, 0.717) is 12.3 Å². The van der Waals surface area contributed by atoms with Gasteiger partial charge in [0.25, 0.3) is 0 Å². The SMILES string of the molecule is CC(C)CC(=O)CC(=O)C(C)(C)C.O=C(CC(=O)C(F)(F)F)C(F)(F)F. The van der Waals surface area contributed by atoms with Crippen LogP contribution in [0.5, 0.6) is 0 Å². The predicted octanol–water partition coefficient (Wildman–Crippen LogP) is 4.25. The van der Waals surface area contributed by atoms with Gasteiger partial charge in [-0.15, -0.1) is 0 Å². The summed E-state index contributed by atoms with van der Waals surface area (Å²) in [5, 5.41) is 0. The third-order valence-corrected chi connectivity index (χ3v) is 2.78. The second-order valence-corrected chi connectivity index (χ2v) is 7.01. The van der Waals surface area contributed by atoms with Gasteiger partial charge in [0.05, 0.1) is 12.8 Å². The van der Waals surface area contributed by atoms with Crippen LogP contribution in [0.4, 0.5) is 26.3 Å². The van der Waals surface area contributed by atoms with E-state index < -0.39 is 30.3 Å². The molecule has 0 rings (SSSR count). The van der Waals surface area contributed by atoms with Crippen LogP contribution in [0.1, 0.15) is 53.9 Å². The first kappa shape index (κ1) is 26.5. The lowest BCUT2D eigenvalue weighted by Crippen LogP contribution is -2.31. The first-order valence-corrected chi connectivity index (χ1v) is 7.53. The average Bonchev–Trinajstić information content (AvgIpc) is 2.34. The lowest BCUT2D eigenvalue weighted by atomic mass is 9.87. The summed E-state index contributed by atoms with van der Waals surface area (Å²) >= 11 is 0. The number of hydrogen-bond acceptors (Lipinski definition) is 4. The zero-order chi connectivity index (χ0) is 21.5. The topological polar surface area (TPSA) is 68.3 Å². The molecule has 0 amide bonds. The van der Waals surface area contributed by atoms with Gasteiger partial charge in [-0.2, -0.15) is 26.3 Å². The van der Waals surface area contributed by atoms with Crippen LogP contribution in [-0.2, 0) is 19.2 Å². The molecule has 0 fully saturated rings. The highest BCUT2D eigenvalue weighted by molar-refractivity contribution is 6.03. The summed E-state index contributed by atoms with van der Waals surface area (Å²) in [7, 11) is 0. The van der Waals surface area contributed by atoms with Crippen molar-refractivity contribution in [1.29, 1.82) is 0 Å². The highest BCUT2D eigenvalue weighted by Gasteiger charge is 2.46. The Morgan fingerprint density at radius 2 is 1.04 bits per heavy atom. The molecule has 0 saturated heterocycles. The van der Waals surface area contributed by atoms with E-state index in [4.69, 9.17) is 0 Å². The summed E-state index contributed by atoms with van der Waals surface area (Å²) in [5.41, 5.74) is -0.382. The number of carbonyl (C=O) groups is 4. The third-order valence-electron chi connectivity index (χ3n) is 2.78. The molecule has 0 spiro atoms. The molecule has 26 heavy (non-hydrogen) atoms. The molecule has 4 nitrogen and oxygen atoms in total. The molecule has 0 aromatic heterocycles. The lowest BCUT2D eigenvalue weighted by Gasteiger charge is -2.15. The van der Waals surface area contributed by atoms with Crippen molar-refractivity contribution >= 4 is 23.1 Å². The van der Waals surface area contributed by atoms with Crippen LogP contribution in [-0.4, -0.2) is 35.5 Å². The maximum absolute atomic E-state index is 11.4.